The molecule has 0 aliphatic rings. The Balaban J connectivity index is 3.07. The summed E-state index contributed by atoms with van der Waals surface area (Å²) in [7, 11) is 0. The van der Waals surface area contributed by atoms with E-state index in [1.165, 1.54) is 0 Å². The number of aliphatic carboxylic acids is 1. The molecule has 4 nitrogen and oxygen atoms in total. The van der Waals surface area contributed by atoms with Gasteiger partial charge in [-0.1, -0.05) is 28.1 Å². The van der Waals surface area contributed by atoms with Gasteiger partial charge in [-0.2, -0.15) is 5.26 Å². The highest BCUT2D eigenvalue weighted by atomic mass is 79.9. The summed E-state index contributed by atoms with van der Waals surface area (Å²) in [5.41, 5.74) is 1.27. The second-order valence-corrected chi connectivity index (χ2v) is 4.36. The third kappa shape index (κ3) is 3.55. The zero-order valence-corrected chi connectivity index (χ0v) is 10.6. The number of alkyl halides is 1. The van der Waals surface area contributed by atoms with Crippen LogP contribution in [0.5, 0.6) is 0 Å². The quantitative estimate of drug-likeness (QED) is 0.815. The Hall–Kier alpha value is -1.38. The Bertz CT molecular complexity index is 454. The Kier molecular flexibility index (Phi) is 5.13. The first kappa shape index (κ1) is 13.7. The topological polar surface area (TPSA) is 81.3 Å². The standard InChI is InChI=1S/C12H12BrNO3/c13-5-1-2-8-3-4-9(7-14)10(6-8)11(15)12(16)17/h3-4,6,11,15H,1-2,5H2,(H,16,17). The van der Waals surface area contributed by atoms with Crippen LogP contribution in [0.1, 0.15) is 29.2 Å². The number of nitriles is 1. The van der Waals surface area contributed by atoms with Crippen LogP contribution in [0.2, 0.25) is 0 Å². The van der Waals surface area contributed by atoms with Crippen molar-refractivity contribution in [3.8, 4) is 6.07 Å². The van der Waals surface area contributed by atoms with Gasteiger partial charge in [0.2, 0.25) is 0 Å². The van der Waals surface area contributed by atoms with Crippen molar-refractivity contribution < 1.29 is 15.0 Å². The average Bonchev–Trinajstić information content (AvgIpc) is 2.34. The van der Waals surface area contributed by atoms with Crippen LogP contribution in [-0.4, -0.2) is 21.5 Å². The van der Waals surface area contributed by atoms with Gasteiger partial charge < -0.3 is 10.2 Å². The van der Waals surface area contributed by atoms with Crippen molar-refractivity contribution in [3.63, 3.8) is 0 Å². The number of carboxylic acids is 1. The maximum atomic E-state index is 10.7. The van der Waals surface area contributed by atoms with Gasteiger partial charge in [0.15, 0.2) is 6.10 Å². The molecule has 0 aliphatic heterocycles. The van der Waals surface area contributed by atoms with E-state index in [-0.39, 0.29) is 11.1 Å². The molecule has 1 aromatic carbocycles. The van der Waals surface area contributed by atoms with E-state index in [1.54, 1.807) is 18.2 Å². The number of hydrogen-bond acceptors (Lipinski definition) is 3. The molecule has 0 spiro atoms. The van der Waals surface area contributed by atoms with Gasteiger partial charge in [0.1, 0.15) is 0 Å². The number of rotatable bonds is 5. The van der Waals surface area contributed by atoms with E-state index in [0.717, 1.165) is 23.7 Å². The first-order valence-electron chi connectivity index (χ1n) is 5.10. The summed E-state index contributed by atoms with van der Waals surface area (Å²) in [4.78, 5) is 10.7. The second-order valence-electron chi connectivity index (χ2n) is 3.57. The number of nitrogens with zero attached hydrogens (tertiary/aromatic N) is 1. The molecule has 0 aliphatic carbocycles. The molecule has 0 saturated carbocycles. The Morgan fingerprint density at radius 3 is 2.76 bits per heavy atom. The van der Waals surface area contributed by atoms with Crippen LogP contribution in [-0.2, 0) is 11.2 Å². The van der Waals surface area contributed by atoms with Crippen molar-refractivity contribution in [2.24, 2.45) is 0 Å². The predicted molar refractivity (Wildman–Crippen MR) is 65.9 cm³/mol. The number of carboxylic acid groups (broad SMARTS) is 1. The van der Waals surface area contributed by atoms with E-state index in [9.17, 15) is 9.90 Å². The lowest BCUT2D eigenvalue weighted by molar-refractivity contribution is -0.146. The minimum absolute atomic E-state index is 0.159. The molecule has 1 aromatic rings. The number of aliphatic hydroxyl groups is 1. The van der Waals surface area contributed by atoms with Crippen LogP contribution < -0.4 is 0 Å². The lowest BCUT2D eigenvalue weighted by Gasteiger charge is -2.10. The lowest BCUT2D eigenvalue weighted by atomic mass is 9.98. The van der Waals surface area contributed by atoms with E-state index in [0.29, 0.717) is 0 Å². The van der Waals surface area contributed by atoms with E-state index < -0.39 is 12.1 Å². The number of halogens is 1. The molecule has 1 rings (SSSR count). The van der Waals surface area contributed by atoms with Crippen LogP contribution in [0.15, 0.2) is 18.2 Å². The zero-order chi connectivity index (χ0) is 12.8. The molecule has 0 amide bonds. The summed E-state index contributed by atoms with van der Waals surface area (Å²) in [5, 5.41) is 28.0. The molecule has 2 N–H and O–H groups in total. The molecule has 17 heavy (non-hydrogen) atoms. The fourth-order valence-electron chi connectivity index (χ4n) is 1.50. The highest BCUT2D eigenvalue weighted by Crippen LogP contribution is 2.20. The van der Waals surface area contributed by atoms with Gasteiger partial charge >= 0.3 is 5.97 Å². The van der Waals surface area contributed by atoms with Crippen LogP contribution in [0, 0.1) is 11.3 Å². The van der Waals surface area contributed by atoms with Crippen molar-refractivity contribution in [1.29, 1.82) is 5.26 Å². The second kappa shape index (κ2) is 6.38. The molecule has 0 aromatic heterocycles. The van der Waals surface area contributed by atoms with Crippen LogP contribution >= 0.6 is 15.9 Å². The largest absolute Gasteiger partial charge is 0.479 e. The van der Waals surface area contributed by atoms with Crippen molar-refractivity contribution >= 4 is 21.9 Å². The smallest absolute Gasteiger partial charge is 0.337 e. The summed E-state index contributed by atoms with van der Waals surface area (Å²) in [6.45, 7) is 0. The van der Waals surface area contributed by atoms with Gasteiger partial charge in [0, 0.05) is 10.9 Å². The molecule has 0 radical (unpaired) electrons. The Labute approximate surface area is 108 Å². The minimum Gasteiger partial charge on any atom is -0.479 e. The first-order valence-corrected chi connectivity index (χ1v) is 6.22. The minimum atomic E-state index is -1.64. The van der Waals surface area contributed by atoms with E-state index in [1.807, 2.05) is 6.07 Å². The average molecular weight is 298 g/mol. The van der Waals surface area contributed by atoms with Gasteiger partial charge in [-0.3, -0.25) is 0 Å². The van der Waals surface area contributed by atoms with Crippen molar-refractivity contribution in [2.45, 2.75) is 18.9 Å². The van der Waals surface area contributed by atoms with E-state index in [4.69, 9.17) is 10.4 Å². The Morgan fingerprint density at radius 1 is 1.53 bits per heavy atom. The number of benzene rings is 1. The summed E-state index contributed by atoms with van der Waals surface area (Å²) < 4.78 is 0. The molecular weight excluding hydrogens is 286 g/mol. The molecule has 1 atom stereocenters. The monoisotopic (exact) mass is 297 g/mol. The summed E-state index contributed by atoms with van der Waals surface area (Å²) >= 11 is 3.31. The van der Waals surface area contributed by atoms with E-state index >= 15 is 0 Å². The maximum Gasteiger partial charge on any atom is 0.337 e. The summed E-state index contributed by atoms with van der Waals surface area (Å²) in [6.07, 6.45) is 0.0405. The molecule has 0 saturated heterocycles. The van der Waals surface area contributed by atoms with Crippen LogP contribution in [0.4, 0.5) is 0 Å². The fourth-order valence-corrected chi connectivity index (χ4v) is 1.78. The third-order valence-electron chi connectivity index (χ3n) is 2.36. The highest BCUT2D eigenvalue weighted by molar-refractivity contribution is 9.09. The Morgan fingerprint density at radius 2 is 2.24 bits per heavy atom. The summed E-state index contributed by atoms with van der Waals surface area (Å²) in [5.74, 6) is -1.35. The lowest BCUT2D eigenvalue weighted by Crippen LogP contribution is -2.12. The van der Waals surface area contributed by atoms with Gasteiger partial charge in [-0.05, 0) is 24.5 Å². The molecule has 90 valence electrons. The van der Waals surface area contributed by atoms with Crippen molar-refractivity contribution in [1.82, 2.24) is 0 Å². The molecule has 0 fully saturated rings. The number of carbonyl (C=O) groups is 1. The molecule has 0 bridgehead atoms. The molecular formula is C12H12BrNO3. The molecule has 1 unspecified atom stereocenters. The third-order valence-corrected chi connectivity index (χ3v) is 2.92. The van der Waals surface area contributed by atoms with Gasteiger partial charge in [0.05, 0.1) is 11.6 Å². The molecule has 5 heteroatoms. The first-order chi connectivity index (χ1) is 8.10. The maximum absolute atomic E-state index is 10.7. The number of hydrogen-bond donors (Lipinski definition) is 2. The highest BCUT2D eigenvalue weighted by Gasteiger charge is 2.19. The van der Waals surface area contributed by atoms with Crippen molar-refractivity contribution in [2.75, 3.05) is 5.33 Å². The van der Waals surface area contributed by atoms with Crippen molar-refractivity contribution in [3.05, 3.63) is 34.9 Å². The molecule has 0 heterocycles. The normalized spacial score (nSPS) is 11.8. The van der Waals surface area contributed by atoms with Gasteiger partial charge in [-0.25, -0.2) is 4.79 Å². The fraction of sp³-hybridized carbons (Fsp3) is 0.333. The number of aryl methyl sites for hydroxylation is 1. The van der Waals surface area contributed by atoms with Crippen LogP contribution in [0.25, 0.3) is 0 Å². The van der Waals surface area contributed by atoms with Crippen LogP contribution in [0.3, 0.4) is 0 Å². The van der Waals surface area contributed by atoms with E-state index in [2.05, 4.69) is 15.9 Å². The predicted octanol–water partition coefficient (Wildman–Crippen LogP) is 2.00. The zero-order valence-electron chi connectivity index (χ0n) is 9.06. The summed E-state index contributed by atoms with van der Waals surface area (Å²) in [6, 6.07) is 6.79. The SMILES string of the molecule is N#Cc1ccc(CCCBr)cc1C(O)C(=O)O. The van der Waals surface area contributed by atoms with Gasteiger partial charge in [-0.15, -0.1) is 0 Å². The van der Waals surface area contributed by atoms with Gasteiger partial charge in [0.25, 0.3) is 0 Å². The number of aliphatic hydroxyl groups excluding tert-OH is 1.